The van der Waals surface area contributed by atoms with Crippen molar-refractivity contribution in [1.82, 2.24) is 4.90 Å². The number of rotatable bonds is 3. The minimum absolute atomic E-state index is 0.113. The van der Waals surface area contributed by atoms with E-state index in [1.54, 1.807) is 52.3 Å². The number of fused-ring (bicyclic) bond motifs is 2. The van der Waals surface area contributed by atoms with Crippen LogP contribution in [-0.4, -0.2) is 47.2 Å². The predicted octanol–water partition coefficient (Wildman–Crippen LogP) is 4.10. The van der Waals surface area contributed by atoms with Crippen molar-refractivity contribution in [3.8, 4) is 0 Å². The van der Waals surface area contributed by atoms with Gasteiger partial charge in [0.1, 0.15) is 0 Å². The molecule has 0 spiro atoms. The lowest BCUT2D eigenvalue weighted by Gasteiger charge is -2.28. The van der Waals surface area contributed by atoms with E-state index in [-0.39, 0.29) is 11.8 Å². The van der Waals surface area contributed by atoms with Gasteiger partial charge >= 0.3 is 0 Å². The van der Waals surface area contributed by atoms with E-state index in [1.807, 2.05) is 26.0 Å². The van der Waals surface area contributed by atoms with Gasteiger partial charge in [0.05, 0.1) is 51.6 Å². The number of hydrogen-bond acceptors (Lipinski definition) is 4. The Bertz CT molecular complexity index is 1310. The number of aryl methyl sites for hydroxylation is 2. The molecule has 6 nitrogen and oxygen atoms in total. The van der Waals surface area contributed by atoms with Crippen LogP contribution in [0.1, 0.15) is 37.4 Å². The van der Waals surface area contributed by atoms with Crippen molar-refractivity contribution in [3.63, 3.8) is 0 Å². The summed E-state index contributed by atoms with van der Waals surface area (Å²) in [6.07, 6.45) is 0. The molecule has 0 bridgehead atoms. The molecule has 1 saturated heterocycles. The van der Waals surface area contributed by atoms with Gasteiger partial charge in [-0.15, -0.1) is 0 Å². The number of nitrogens with zero attached hydrogens (tertiary/aromatic N) is 2. The van der Waals surface area contributed by atoms with Crippen LogP contribution in [0.4, 0.5) is 5.69 Å². The normalized spacial score (nSPS) is 17.7. The van der Waals surface area contributed by atoms with Gasteiger partial charge in [-0.2, -0.15) is 0 Å². The van der Waals surface area contributed by atoms with E-state index >= 15 is 0 Å². The molecule has 0 N–H and O–H groups in total. The predicted molar refractivity (Wildman–Crippen MR) is 131 cm³/mol. The van der Waals surface area contributed by atoms with E-state index in [2.05, 4.69) is 6.07 Å². The lowest BCUT2D eigenvalue weighted by Crippen LogP contribution is -2.40. The van der Waals surface area contributed by atoms with Gasteiger partial charge < -0.3 is 14.5 Å². The minimum Gasteiger partial charge on any atom is -0.378 e. The number of ether oxygens (including phenoxy) is 1. The van der Waals surface area contributed by atoms with Gasteiger partial charge in [-0.25, -0.2) is 4.21 Å². The van der Waals surface area contributed by atoms with Gasteiger partial charge in [-0.1, -0.05) is 35.9 Å². The molecule has 2 aliphatic heterocycles. The van der Waals surface area contributed by atoms with Gasteiger partial charge in [0.25, 0.3) is 11.8 Å². The number of benzene rings is 3. The molecule has 7 heteroatoms. The monoisotopic (exact) mass is 474 g/mol. The van der Waals surface area contributed by atoms with Crippen LogP contribution < -0.4 is 4.90 Å². The first-order chi connectivity index (χ1) is 16.4. The topological polar surface area (TPSA) is 66.9 Å². The fourth-order valence-electron chi connectivity index (χ4n) is 4.44. The van der Waals surface area contributed by atoms with Crippen molar-refractivity contribution in [1.29, 1.82) is 0 Å². The molecule has 3 aromatic carbocycles. The van der Waals surface area contributed by atoms with Gasteiger partial charge in [0.15, 0.2) is 0 Å². The van der Waals surface area contributed by atoms with Crippen molar-refractivity contribution < 1.29 is 18.5 Å². The van der Waals surface area contributed by atoms with Crippen LogP contribution >= 0.6 is 0 Å². The van der Waals surface area contributed by atoms with Gasteiger partial charge in [0, 0.05) is 18.7 Å². The molecule has 0 radical (unpaired) electrons. The Morgan fingerprint density at radius 1 is 0.971 bits per heavy atom. The Morgan fingerprint density at radius 2 is 1.74 bits per heavy atom. The third-order valence-electron chi connectivity index (χ3n) is 6.39. The summed E-state index contributed by atoms with van der Waals surface area (Å²) in [4.78, 5) is 31.5. The van der Waals surface area contributed by atoms with Crippen LogP contribution in [0.2, 0.25) is 0 Å². The number of carbonyl (C=O) groups excluding carboxylic acids is 2. The highest BCUT2D eigenvalue weighted by Gasteiger charge is 2.32. The van der Waals surface area contributed by atoms with E-state index in [1.165, 1.54) is 0 Å². The summed E-state index contributed by atoms with van der Waals surface area (Å²) in [5.41, 5.74) is 4.59. The molecule has 1 fully saturated rings. The average molecular weight is 475 g/mol. The average Bonchev–Trinajstić information content (AvgIpc) is 2.95. The highest BCUT2D eigenvalue weighted by Crippen LogP contribution is 2.36. The Balaban J connectivity index is 1.64. The number of amides is 2. The fourth-order valence-corrected chi connectivity index (χ4v) is 5.79. The van der Waals surface area contributed by atoms with E-state index in [4.69, 9.17) is 4.74 Å². The Kier molecular flexibility index (Phi) is 6.06. The van der Waals surface area contributed by atoms with Crippen molar-refractivity contribution in [2.75, 3.05) is 31.2 Å². The first-order valence-electron chi connectivity index (χ1n) is 11.3. The second kappa shape index (κ2) is 9.16. The van der Waals surface area contributed by atoms with Gasteiger partial charge in [-0.05, 0) is 55.3 Å². The quantitative estimate of drug-likeness (QED) is 0.573. The third kappa shape index (κ3) is 4.06. The maximum absolute atomic E-state index is 13.8. The molecule has 0 unspecified atom stereocenters. The van der Waals surface area contributed by atoms with E-state index in [0.717, 1.165) is 16.7 Å². The zero-order valence-electron chi connectivity index (χ0n) is 19.2. The highest BCUT2D eigenvalue weighted by molar-refractivity contribution is 7.85. The molecule has 1 atom stereocenters. The molecular formula is C27H26N2O4S. The van der Waals surface area contributed by atoms with Gasteiger partial charge in [-0.3, -0.25) is 9.59 Å². The second-order valence-corrected chi connectivity index (χ2v) is 10.1. The fraction of sp³-hybridized carbons (Fsp3) is 0.259. The first kappa shape index (κ1) is 22.5. The zero-order chi connectivity index (χ0) is 23.8. The zero-order valence-corrected chi connectivity index (χ0v) is 20.1. The summed E-state index contributed by atoms with van der Waals surface area (Å²) in [7, 11) is -1.55. The smallest absolute Gasteiger partial charge is 0.259 e. The summed E-state index contributed by atoms with van der Waals surface area (Å²) in [6.45, 7) is 6.42. The largest absolute Gasteiger partial charge is 0.378 e. The molecule has 3 aromatic rings. The van der Waals surface area contributed by atoms with Crippen LogP contribution in [0.3, 0.4) is 0 Å². The Labute approximate surface area is 201 Å². The first-order valence-corrected chi connectivity index (χ1v) is 12.5. The maximum Gasteiger partial charge on any atom is 0.259 e. The molecule has 2 heterocycles. The van der Waals surface area contributed by atoms with Crippen molar-refractivity contribution in [2.45, 2.75) is 30.2 Å². The van der Waals surface area contributed by atoms with E-state index < -0.39 is 10.8 Å². The maximum atomic E-state index is 13.8. The van der Waals surface area contributed by atoms with Gasteiger partial charge in [0.2, 0.25) is 0 Å². The summed E-state index contributed by atoms with van der Waals surface area (Å²) < 4.78 is 19.0. The summed E-state index contributed by atoms with van der Waals surface area (Å²) in [6, 6.07) is 18.3. The number of anilines is 1. The molecule has 2 aliphatic rings. The number of morpholine rings is 1. The van der Waals surface area contributed by atoms with E-state index in [0.29, 0.717) is 59.5 Å². The molecular weight excluding hydrogens is 448 g/mol. The molecule has 174 valence electrons. The molecule has 5 rings (SSSR count). The van der Waals surface area contributed by atoms with Crippen molar-refractivity contribution >= 4 is 28.3 Å². The third-order valence-corrected chi connectivity index (χ3v) is 7.89. The highest BCUT2D eigenvalue weighted by atomic mass is 32.2. The standard InChI is InChI=1S/C27H26N2O4S/c1-18-7-8-19(2)21(15-18)17-29-23-16-20(26(30)28-11-13-33-14-12-28)9-10-25(23)34(32)24-6-4-3-5-22(24)27(29)31/h3-10,15-16H,11-14,17H2,1-2H3/t34-/m0/s1. The lowest BCUT2D eigenvalue weighted by molar-refractivity contribution is 0.0303. The van der Waals surface area contributed by atoms with Crippen LogP contribution in [0.5, 0.6) is 0 Å². The molecule has 2 amide bonds. The van der Waals surface area contributed by atoms with Crippen molar-refractivity contribution in [2.24, 2.45) is 0 Å². The number of carbonyl (C=O) groups is 2. The van der Waals surface area contributed by atoms with E-state index in [9.17, 15) is 13.8 Å². The molecule has 34 heavy (non-hydrogen) atoms. The van der Waals surface area contributed by atoms with Crippen LogP contribution in [0.15, 0.2) is 70.5 Å². The summed E-state index contributed by atoms with van der Waals surface area (Å²) >= 11 is 0. The molecule has 0 aliphatic carbocycles. The van der Waals surface area contributed by atoms with Crippen LogP contribution in [-0.2, 0) is 22.1 Å². The van der Waals surface area contributed by atoms with Crippen LogP contribution in [0, 0.1) is 13.8 Å². The molecule has 0 aromatic heterocycles. The summed E-state index contributed by atoms with van der Waals surface area (Å²) in [5.74, 6) is -0.336. The molecule has 0 saturated carbocycles. The SMILES string of the molecule is Cc1ccc(C)c(CN2C(=O)c3ccccc3[S@](=O)c3ccc(C(=O)N4CCOCC4)cc32)c1. The van der Waals surface area contributed by atoms with Crippen molar-refractivity contribution in [3.05, 3.63) is 88.5 Å². The summed E-state index contributed by atoms with van der Waals surface area (Å²) in [5, 5.41) is 0. The second-order valence-electron chi connectivity index (χ2n) is 8.67. The lowest BCUT2D eigenvalue weighted by atomic mass is 10.0. The van der Waals surface area contributed by atoms with Crippen LogP contribution in [0.25, 0.3) is 0 Å². The Morgan fingerprint density at radius 3 is 2.53 bits per heavy atom. The minimum atomic E-state index is -1.55. The Hall–Kier alpha value is -3.29. The number of hydrogen-bond donors (Lipinski definition) is 0.